The van der Waals surface area contributed by atoms with Gasteiger partial charge in [0.1, 0.15) is 11.9 Å². The maximum Gasteiger partial charge on any atom is 0.407 e. The van der Waals surface area contributed by atoms with E-state index in [0.717, 1.165) is 24.8 Å². The molecular formula is C33H44N2O8S. The summed E-state index contributed by atoms with van der Waals surface area (Å²) >= 11 is 0. The highest BCUT2D eigenvalue weighted by Crippen LogP contribution is 2.33. The second-order valence-corrected chi connectivity index (χ2v) is 13.0. The van der Waals surface area contributed by atoms with Crippen molar-refractivity contribution in [3.05, 3.63) is 85.5 Å². The Hall–Kier alpha value is -3.22. The van der Waals surface area contributed by atoms with E-state index in [1.165, 1.54) is 16.4 Å². The monoisotopic (exact) mass is 628 g/mol. The van der Waals surface area contributed by atoms with E-state index < -0.39 is 34.4 Å². The van der Waals surface area contributed by atoms with Crippen molar-refractivity contribution >= 4 is 16.1 Å². The summed E-state index contributed by atoms with van der Waals surface area (Å²) in [5, 5.41) is 14.4. The van der Waals surface area contributed by atoms with Gasteiger partial charge in [-0.3, -0.25) is 0 Å². The minimum absolute atomic E-state index is 0.0361. The number of aliphatic hydroxyl groups excluding tert-OH is 1. The van der Waals surface area contributed by atoms with Crippen molar-refractivity contribution in [2.75, 3.05) is 32.9 Å². The molecule has 0 saturated carbocycles. The first kappa shape index (κ1) is 33.7. The number of alkyl carbamates (subject to hydrolysis) is 1. The quantitative estimate of drug-likeness (QED) is 0.183. The Morgan fingerprint density at radius 3 is 2.66 bits per heavy atom. The van der Waals surface area contributed by atoms with Crippen LogP contribution in [0.1, 0.15) is 37.7 Å². The lowest BCUT2D eigenvalue weighted by Gasteiger charge is -2.30. The summed E-state index contributed by atoms with van der Waals surface area (Å²) in [5.41, 5.74) is 0.870. The number of hydrogen-bond acceptors (Lipinski definition) is 8. The molecule has 2 fully saturated rings. The molecule has 1 unspecified atom stereocenters. The lowest BCUT2D eigenvalue weighted by atomic mass is 10.0. The van der Waals surface area contributed by atoms with Crippen LogP contribution in [-0.2, 0) is 30.7 Å². The van der Waals surface area contributed by atoms with Gasteiger partial charge in [-0.15, -0.1) is 13.2 Å². The molecule has 240 valence electrons. The number of carbonyl (C=O) groups excluding carboxylic acids is 1. The number of unbranched alkanes of at least 4 members (excludes halogenated alkanes) is 2. The summed E-state index contributed by atoms with van der Waals surface area (Å²) in [6.07, 6.45) is 4.42. The molecule has 2 aromatic carbocycles. The summed E-state index contributed by atoms with van der Waals surface area (Å²) in [6.45, 7) is 8.54. The molecule has 11 heteroatoms. The first-order valence-corrected chi connectivity index (χ1v) is 16.6. The highest BCUT2D eigenvalue weighted by atomic mass is 32.2. The summed E-state index contributed by atoms with van der Waals surface area (Å²) < 4.78 is 51.7. The minimum Gasteiger partial charge on any atom is -0.493 e. The topological polar surface area (TPSA) is 124 Å². The first-order valence-electron chi connectivity index (χ1n) is 15.2. The number of hydrogen-bond donors (Lipinski definition) is 2. The van der Waals surface area contributed by atoms with Gasteiger partial charge in [0.25, 0.3) is 0 Å². The number of amides is 1. The van der Waals surface area contributed by atoms with Gasteiger partial charge < -0.3 is 29.4 Å². The van der Waals surface area contributed by atoms with E-state index in [1.807, 2.05) is 30.3 Å². The van der Waals surface area contributed by atoms with Crippen LogP contribution >= 0.6 is 0 Å². The second kappa shape index (κ2) is 16.7. The van der Waals surface area contributed by atoms with Crippen LogP contribution in [0.2, 0.25) is 0 Å². The van der Waals surface area contributed by atoms with Gasteiger partial charge in [0.05, 0.1) is 42.8 Å². The number of nitrogens with zero attached hydrogens (tertiary/aromatic N) is 1. The van der Waals surface area contributed by atoms with Crippen molar-refractivity contribution < 1.29 is 37.3 Å². The average Bonchev–Trinajstić information content (AvgIpc) is 3.64. The van der Waals surface area contributed by atoms with Crippen molar-refractivity contribution in [1.29, 1.82) is 0 Å². The Labute approximate surface area is 260 Å². The molecular weight excluding hydrogens is 584 g/mol. The van der Waals surface area contributed by atoms with Crippen molar-refractivity contribution in [3.63, 3.8) is 0 Å². The Morgan fingerprint density at radius 1 is 1.09 bits per heavy atom. The molecule has 0 aliphatic carbocycles. The third kappa shape index (κ3) is 9.39. The number of nitrogens with one attached hydrogen (secondary N) is 1. The van der Waals surface area contributed by atoms with Crippen molar-refractivity contribution in [3.8, 4) is 5.75 Å². The average molecular weight is 629 g/mol. The number of rotatable bonds is 18. The zero-order valence-corrected chi connectivity index (χ0v) is 25.9. The number of sulfonamides is 1. The molecule has 2 N–H and O–H groups in total. The predicted molar refractivity (Wildman–Crippen MR) is 167 cm³/mol. The Kier molecular flexibility index (Phi) is 12.8. The van der Waals surface area contributed by atoms with E-state index in [2.05, 4.69) is 18.5 Å². The fraction of sp³-hybridized carbons (Fsp3) is 0.485. The molecule has 2 aromatic rings. The molecule has 44 heavy (non-hydrogen) atoms. The maximum absolute atomic E-state index is 13.9. The molecule has 2 aliphatic heterocycles. The maximum atomic E-state index is 13.9. The standard InChI is InChI=1S/C33H44N2O8S/c1-3-5-7-11-18-35(44(38,39)27-16-12-15-26(22-27)40-19-6-4-2)23-30(36)29(21-25-13-9-8-10-14-25)34-33(37)43-31-24-42-32-28(31)17-20-41-32/h3-4,8-10,12-16,22,28-32,36H,1-2,5-7,11,17-21,23-24H2,(H,34,37)/t28?,29-,30+,31-,32+/m0/s1. The molecule has 0 aromatic heterocycles. The van der Waals surface area contributed by atoms with Gasteiger partial charge in [-0.25, -0.2) is 13.2 Å². The predicted octanol–water partition coefficient (Wildman–Crippen LogP) is 4.45. The first-order chi connectivity index (χ1) is 21.3. The molecule has 1 amide bonds. The molecule has 0 bridgehead atoms. The van der Waals surface area contributed by atoms with E-state index >= 15 is 0 Å². The SMILES string of the molecule is C=CCCCCN(C[C@@H](O)[C@H](Cc1ccccc1)NC(=O)O[C@H]1CO[C@H]2OCCC21)S(=O)(=O)c1cccc(OCCC=C)c1. The van der Waals surface area contributed by atoms with Gasteiger partial charge >= 0.3 is 6.09 Å². The van der Waals surface area contributed by atoms with E-state index in [1.54, 1.807) is 24.3 Å². The number of allylic oxidation sites excluding steroid dienone is 1. The summed E-state index contributed by atoms with van der Waals surface area (Å²) in [6, 6.07) is 14.9. The summed E-state index contributed by atoms with van der Waals surface area (Å²) in [7, 11) is -4.03. The fourth-order valence-corrected chi connectivity index (χ4v) is 6.91. The Balaban J connectivity index is 1.51. The van der Waals surface area contributed by atoms with E-state index in [4.69, 9.17) is 18.9 Å². The number of aliphatic hydroxyl groups is 1. The smallest absolute Gasteiger partial charge is 0.407 e. The van der Waals surface area contributed by atoms with Gasteiger partial charge in [-0.05, 0) is 56.2 Å². The van der Waals surface area contributed by atoms with Gasteiger partial charge in [-0.1, -0.05) is 48.6 Å². The molecule has 2 heterocycles. The minimum atomic E-state index is -4.03. The van der Waals surface area contributed by atoms with Crippen LogP contribution < -0.4 is 10.1 Å². The molecule has 0 spiro atoms. The third-order valence-electron chi connectivity index (χ3n) is 7.80. The van der Waals surface area contributed by atoms with E-state index in [-0.39, 0.29) is 43.2 Å². The molecule has 2 aliphatic rings. The molecule has 4 rings (SSSR count). The number of benzene rings is 2. The summed E-state index contributed by atoms with van der Waals surface area (Å²) in [4.78, 5) is 13.1. The van der Waals surface area contributed by atoms with Gasteiger partial charge in [0.2, 0.25) is 10.0 Å². The van der Waals surface area contributed by atoms with Gasteiger partial charge in [0.15, 0.2) is 6.29 Å². The van der Waals surface area contributed by atoms with Crippen molar-refractivity contribution in [2.24, 2.45) is 5.92 Å². The number of fused-ring (bicyclic) bond motifs is 1. The fourth-order valence-electron chi connectivity index (χ4n) is 5.38. The number of carbonyl (C=O) groups is 1. The van der Waals surface area contributed by atoms with Crippen molar-refractivity contribution in [1.82, 2.24) is 9.62 Å². The number of ether oxygens (including phenoxy) is 4. The van der Waals surface area contributed by atoms with Crippen LogP contribution in [-0.4, -0.2) is 81.4 Å². The normalized spacial score (nSPS) is 20.9. The van der Waals surface area contributed by atoms with Crippen LogP contribution in [0.15, 0.2) is 84.8 Å². The lowest BCUT2D eigenvalue weighted by molar-refractivity contribution is -0.0907. The third-order valence-corrected chi connectivity index (χ3v) is 9.66. The van der Waals surface area contributed by atoms with Crippen LogP contribution in [0.5, 0.6) is 5.75 Å². The molecule has 2 saturated heterocycles. The largest absolute Gasteiger partial charge is 0.493 e. The zero-order valence-electron chi connectivity index (χ0n) is 25.1. The summed E-state index contributed by atoms with van der Waals surface area (Å²) in [5.74, 6) is 0.392. The van der Waals surface area contributed by atoms with E-state index in [9.17, 15) is 18.3 Å². The van der Waals surface area contributed by atoms with Crippen LogP contribution in [0.4, 0.5) is 4.79 Å². The highest BCUT2D eigenvalue weighted by molar-refractivity contribution is 7.89. The van der Waals surface area contributed by atoms with Crippen LogP contribution in [0.3, 0.4) is 0 Å². The van der Waals surface area contributed by atoms with Crippen LogP contribution in [0, 0.1) is 5.92 Å². The molecule has 0 radical (unpaired) electrons. The van der Waals surface area contributed by atoms with Crippen LogP contribution in [0.25, 0.3) is 0 Å². The molecule has 5 atom stereocenters. The van der Waals surface area contributed by atoms with Gasteiger partial charge in [-0.2, -0.15) is 4.31 Å². The zero-order chi connectivity index (χ0) is 31.4. The van der Waals surface area contributed by atoms with Crippen molar-refractivity contribution in [2.45, 2.75) is 68.0 Å². The highest BCUT2D eigenvalue weighted by Gasteiger charge is 2.44. The molecule has 10 nitrogen and oxygen atoms in total. The lowest BCUT2D eigenvalue weighted by Crippen LogP contribution is -2.51. The Morgan fingerprint density at radius 2 is 1.89 bits per heavy atom. The van der Waals surface area contributed by atoms with Gasteiger partial charge in [0, 0.05) is 19.2 Å². The Bertz CT molecular complexity index is 1320. The van der Waals surface area contributed by atoms with E-state index in [0.29, 0.717) is 31.8 Å². The second-order valence-electron chi connectivity index (χ2n) is 11.0.